The highest BCUT2D eigenvalue weighted by Crippen LogP contribution is 2.17. The molecule has 0 saturated carbocycles. The van der Waals surface area contributed by atoms with E-state index in [1.807, 2.05) is 38.1 Å². The molecule has 0 aliphatic carbocycles. The number of benzene rings is 1. The van der Waals surface area contributed by atoms with Crippen molar-refractivity contribution in [3.8, 4) is 5.75 Å². The summed E-state index contributed by atoms with van der Waals surface area (Å²) in [5, 5.41) is 5.62. The summed E-state index contributed by atoms with van der Waals surface area (Å²) in [6.45, 7) is 6.58. The summed E-state index contributed by atoms with van der Waals surface area (Å²) < 4.78 is 5.39. The zero-order valence-corrected chi connectivity index (χ0v) is 14.1. The van der Waals surface area contributed by atoms with Crippen LogP contribution in [0.2, 0.25) is 0 Å². The summed E-state index contributed by atoms with van der Waals surface area (Å²) in [6.07, 6.45) is 0.945. The van der Waals surface area contributed by atoms with E-state index in [1.54, 1.807) is 6.92 Å². The van der Waals surface area contributed by atoms with E-state index in [1.165, 1.54) is 0 Å². The molecular formula is C17H27N3O3. The first-order chi connectivity index (χ1) is 10.9. The molecule has 1 rings (SSSR count). The third kappa shape index (κ3) is 7.15. The van der Waals surface area contributed by atoms with Gasteiger partial charge in [-0.2, -0.15) is 0 Å². The average molecular weight is 321 g/mol. The second-order valence-corrected chi connectivity index (χ2v) is 5.47. The van der Waals surface area contributed by atoms with E-state index in [4.69, 9.17) is 10.5 Å². The molecule has 2 atom stereocenters. The van der Waals surface area contributed by atoms with Gasteiger partial charge in [0.2, 0.25) is 11.8 Å². The predicted molar refractivity (Wildman–Crippen MR) is 90.1 cm³/mol. The van der Waals surface area contributed by atoms with Gasteiger partial charge < -0.3 is 21.1 Å². The zero-order valence-electron chi connectivity index (χ0n) is 14.1. The van der Waals surface area contributed by atoms with Gasteiger partial charge in [-0.05, 0) is 44.9 Å². The van der Waals surface area contributed by atoms with Crippen LogP contribution < -0.4 is 21.1 Å². The van der Waals surface area contributed by atoms with E-state index in [0.717, 1.165) is 11.3 Å². The minimum Gasteiger partial charge on any atom is -0.494 e. The maximum absolute atomic E-state index is 11.9. The van der Waals surface area contributed by atoms with Crippen LogP contribution in [0.3, 0.4) is 0 Å². The first kappa shape index (κ1) is 19.0. The Kier molecular flexibility index (Phi) is 8.11. The summed E-state index contributed by atoms with van der Waals surface area (Å²) in [7, 11) is 0. The van der Waals surface area contributed by atoms with Crippen molar-refractivity contribution in [1.29, 1.82) is 0 Å². The van der Waals surface area contributed by atoms with Crippen LogP contribution >= 0.6 is 0 Å². The van der Waals surface area contributed by atoms with Crippen LogP contribution in [0.4, 0.5) is 0 Å². The van der Waals surface area contributed by atoms with Crippen molar-refractivity contribution in [2.75, 3.05) is 13.2 Å². The Morgan fingerprint density at radius 2 is 1.87 bits per heavy atom. The lowest BCUT2D eigenvalue weighted by Gasteiger charge is -2.15. The van der Waals surface area contributed by atoms with Gasteiger partial charge in [0, 0.05) is 13.0 Å². The van der Waals surface area contributed by atoms with Gasteiger partial charge in [-0.15, -0.1) is 0 Å². The fourth-order valence-electron chi connectivity index (χ4n) is 2.04. The SMILES string of the molecule is CCOc1ccc(C(C)NC(=O)CCCNC(=O)[C@H](C)N)cc1. The van der Waals surface area contributed by atoms with Crippen molar-refractivity contribution in [2.24, 2.45) is 5.73 Å². The second-order valence-electron chi connectivity index (χ2n) is 5.47. The molecule has 128 valence electrons. The van der Waals surface area contributed by atoms with Crippen LogP contribution in [0.25, 0.3) is 0 Å². The standard InChI is InChI=1S/C17H27N3O3/c1-4-23-15-9-7-14(8-10-15)13(3)20-16(21)6-5-11-19-17(22)12(2)18/h7-10,12-13H,4-6,11,18H2,1-3H3,(H,19,22)(H,20,21)/t12-,13?/m0/s1. The molecule has 0 radical (unpaired) electrons. The summed E-state index contributed by atoms with van der Waals surface area (Å²) in [6, 6.07) is 7.08. The number of nitrogens with one attached hydrogen (secondary N) is 2. The predicted octanol–water partition coefficient (Wildman–Crippen LogP) is 1.51. The number of nitrogens with two attached hydrogens (primary N) is 1. The highest BCUT2D eigenvalue weighted by atomic mass is 16.5. The lowest BCUT2D eigenvalue weighted by Crippen LogP contribution is -2.39. The van der Waals surface area contributed by atoms with Crippen molar-refractivity contribution >= 4 is 11.8 Å². The Labute approximate surface area is 137 Å². The highest BCUT2D eigenvalue weighted by Gasteiger charge is 2.10. The molecule has 23 heavy (non-hydrogen) atoms. The van der Waals surface area contributed by atoms with Gasteiger partial charge in [-0.1, -0.05) is 12.1 Å². The molecular weight excluding hydrogens is 294 g/mol. The number of amides is 2. The highest BCUT2D eigenvalue weighted by molar-refractivity contribution is 5.81. The Balaban J connectivity index is 2.31. The number of hydrogen-bond acceptors (Lipinski definition) is 4. The summed E-state index contributed by atoms with van der Waals surface area (Å²) >= 11 is 0. The van der Waals surface area contributed by atoms with E-state index in [-0.39, 0.29) is 17.9 Å². The van der Waals surface area contributed by atoms with Crippen molar-refractivity contribution < 1.29 is 14.3 Å². The van der Waals surface area contributed by atoms with E-state index in [0.29, 0.717) is 26.0 Å². The van der Waals surface area contributed by atoms with Crippen LogP contribution in [-0.4, -0.2) is 31.0 Å². The third-order valence-electron chi connectivity index (χ3n) is 3.36. The van der Waals surface area contributed by atoms with E-state index in [2.05, 4.69) is 10.6 Å². The summed E-state index contributed by atoms with van der Waals surface area (Å²) in [4.78, 5) is 23.2. The van der Waals surface area contributed by atoms with E-state index in [9.17, 15) is 9.59 Å². The Morgan fingerprint density at radius 3 is 2.43 bits per heavy atom. The molecule has 0 aliphatic heterocycles. The molecule has 0 heterocycles. The maximum Gasteiger partial charge on any atom is 0.236 e. The van der Waals surface area contributed by atoms with Gasteiger partial charge in [0.25, 0.3) is 0 Å². The molecule has 0 saturated heterocycles. The van der Waals surface area contributed by atoms with Crippen molar-refractivity contribution in [3.63, 3.8) is 0 Å². The molecule has 2 amide bonds. The Hall–Kier alpha value is -2.08. The first-order valence-electron chi connectivity index (χ1n) is 7.99. The lowest BCUT2D eigenvalue weighted by molar-refractivity contribution is -0.123. The molecule has 0 fully saturated rings. The fourth-order valence-corrected chi connectivity index (χ4v) is 2.04. The summed E-state index contributed by atoms with van der Waals surface area (Å²) in [5.41, 5.74) is 6.46. The van der Waals surface area contributed by atoms with Crippen LogP contribution in [0, 0.1) is 0 Å². The van der Waals surface area contributed by atoms with Crippen molar-refractivity contribution in [2.45, 2.75) is 45.7 Å². The number of carbonyl (C=O) groups is 2. The Bertz CT molecular complexity index is 500. The van der Waals surface area contributed by atoms with Crippen molar-refractivity contribution in [3.05, 3.63) is 29.8 Å². The van der Waals surface area contributed by atoms with E-state index >= 15 is 0 Å². The topological polar surface area (TPSA) is 93.5 Å². The van der Waals surface area contributed by atoms with Gasteiger partial charge in [0.1, 0.15) is 5.75 Å². The van der Waals surface area contributed by atoms with Gasteiger partial charge in [0.05, 0.1) is 18.7 Å². The van der Waals surface area contributed by atoms with Crippen molar-refractivity contribution in [1.82, 2.24) is 10.6 Å². The van der Waals surface area contributed by atoms with Crippen LogP contribution in [0.1, 0.15) is 45.2 Å². The van der Waals surface area contributed by atoms with Crippen LogP contribution in [0.5, 0.6) is 5.75 Å². The van der Waals surface area contributed by atoms with Crippen LogP contribution in [0.15, 0.2) is 24.3 Å². The van der Waals surface area contributed by atoms with Gasteiger partial charge in [-0.25, -0.2) is 0 Å². The molecule has 0 aliphatic rings. The molecule has 1 unspecified atom stereocenters. The molecule has 1 aromatic rings. The number of ether oxygens (including phenoxy) is 1. The number of carbonyl (C=O) groups excluding carboxylic acids is 2. The molecule has 1 aromatic carbocycles. The average Bonchev–Trinajstić information content (AvgIpc) is 2.52. The maximum atomic E-state index is 11.9. The zero-order chi connectivity index (χ0) is 17.2. The lowest BCUT2D eigenvalue weighted by atomic mass is 10.1. The fraction of sp³-hybridized carbons (Fsp3) is 0.529. The molecule has 0 aromatic heterocycles. The second kappa shape index (κ2) is 9.84. The number of hydrogen-bond donors (Lipinski definition) is 3. The first-order valence-corrected chi connectivity index (χ1v) is 7.99. The normalized spacial score (nSPS) is 13.0. The largest absolute Gasteiger partial charge is 0.494 e. The number of rotatable bonds is 9. The molecule has 0 bridgehead atoms. The van der Waals surface area contributed by atoms with Crippen LogP contribution in [-0.2, 0) is 9.59 Å². The summed E-state index contributed by atoms with van der Waals surface area (Å²) in [5.74, 6) is 0.578. The quantitative estimate of drug-likeness (QED) is 0.601. The third-order valence-corrected chi connectivity index (χ3v) is 3.36. The smallest absolute Gasteiger partial charge is 0.236 e. The molecule has 6 nitrogen and oxygen atoms in total. The van der Waals surface area contributed by atoms with E-state index < -0.39 is 6.04 Å². The van der Waals surface area contributed by atoms with Gasteiger partial charge >= 0.3 is 0 Å². The Morgan fingerprint density at radius 1 is 1.22 bits per heavy atom. The van der Waals surface area contributed by atoms with Gasteiger partial charge in [-0.3, -0.25) is 9.59 Å². The minimum atomic E-state index is -0.525. The monoisotopic (exact) mass is 321 g/mol. The van der Waals surface area contributed by atoms with Gasteiger partial charge in [0.15, 0.2) is 0 Å². The molecule has 6 heteroatoms. The molecule has 4 N–H and O–H groups in total. The minimum absolute atomic E-state index is 0.0403. The molecule has 0 spiro atoms.